The molecule has 8 nitrogen and oxygen atoms in total. The fraction of sp³-hybridized carbons (Fsp3) is 0.500. The summed E-state index contributed by atoms with van der Waals surface area (Å²) in [6.45, 7) is 2.41. The van der Waals surface area contributed by atoms with E-state index in [-0.39, 0.29) is 24.5 Å². The first-order chi connectivity index (χ1) is 20.0. The van der Waals surface area contributed by atoms with Gasteiger partial charge in [0, 0.05) is 37.1 Å². The Bertz CT molecular complexity index is 1140. The normalized spacial score (nSPS) is 20.1. The van der Waals surface area contributed by atoms with Crippen molar-refractivity contribution in [2.24, 2.45) is 0 Å². The molecule has 0 bridgehead atoms. The van der Waals surface area contributed by atoms with Gasteiger partial charge >= 0.3 is 12.0 Å². The molecule has 222 valence electrons. The van der Waals surface area contributed by atoms with Crippen molar-refractivity contribution in [3.05, 3.63) is 71.8 Å². The monoisotopic (exact) mass is 582 g/mol. The van der Waals surface area contributed by atoms with Crippen LogP contribution in [0.15, 0.2) is 60.7 Å². The third-order valence-corrected chi connectivity index (χ3v) is 9.19. The number of rotatable bonds is 17. The van der Waals surface area contributed by atoms with E-state index in [2.05, 4.69) is 9.80 Å². The predicted molar refractivity (Wildman–Crippen MR) is 162 cm³/mol. The van der Waals surface area contributed by atoms with Crippen LogP contribution in [0.4, 0.5) is 4.79 Å². The van der Waals surface area contributed by atoms with Crippen LogP contribution < -0.4 is 9.47 Å². The van der Waals surface area contributed by atoms with Crippen molar-refractivity contribution in [2.75, 3.05) is 33.2 Å². The largest absolute Gasteiger partial charge is 0.497 e. The number of ether oxygens (including phenoxy) is 3. The Labute approximate surface area is 247 Å². The van der Waals surface area contributed by atoms with Gasteiger partial charge in [-0.25, -0.2) is 4.79 Å². The molecule has 3 atom stereocenters. The number of benzene rings is 2. The molecule has 0 radical (unpaired) electrons. The Balaban J connectivity index is 1.32. The molecule has 2 saturated heterocycles. The molecule has 0 aliphatic carbocycles. The molecule has 2 aromatic rings. The molecule has 41 heavy (non-hydrogen) atoms. The maximum absolute atomic E-state index is 13.8. The van der Waals surface area contributed by atoms with Gasteiger partial charge in [0.2, 0.25) is 0 Å². The van der Waals surface area contributed by atoms with Crippen LogP contribution in [0.2, 0.25) is 0 Å². The van der Waals surface area contributed by atoms with Crippen LogP contribution >= 0.6 is 11.8 Å². The molecule has 2 aromatic carbocycles. The van der Waals surface area contributed by atoms with Gasteiger partial charge in [0.05, 0.1) is 32.9 Å². The molecule has 2 aliphatic rings. The second kappa shape index (κ2) is 15.7. The second-order valence-corrected chi connectivity index (χ2v) is 11.8. The molecule has 1 N–H and O–H groups in total. The first kappa shape index (κ1) is 30.8. The van der Waals surface area contributed by atoms with E-state index in [4.69, 9.17) is 19.3 Å². The number of hydrogen-bond acceptors (Lipinski definition) is 6. The average molecular weight is 583 g/mol. The highest BCUT2D eigenvalue weighted by Gasteiger charge is 2.52. The summed E-state index contributed by atoms with van der Waals surface area (Å²) in [5.74, 6) is 1.80. The molecule has 2 fully saturated rings. The number of urea groups is 1. The molecule has 2 aliphatic heterocycles. The van der Waals surface area contributed by atoms with Crippen LogP contribution in [0.1, 0.15) is 49.7 Å². The summed E-state index contributed by atoms with van der Waals surface area (Å²) in [4.78, 5) is 28.5. The molecule has 0 spiro atoms. The smallest absolute Gasteiger partial charge is 0.321 e. The van der Waals surface area contributed by atoms with Crippen molar-refractivity contribution < 1.29 is 28.9 Å². The number of carbonyl (C=O) groups excluding carboxylic acids is 1. The zero-order valence-corrected chi connectivity index (χ0v) is 24.9. The molecule has 0 saturated carbocycles. The summed E-state index contributed by atoms with van der Waals surface area (Å²) < 4.78 is 16.3. The van der Waals surface area contributed by atoms with Crippen molar-refractivity contribution in [3.8, 4) is 11.5 Å². The van der Waals surface area contributed by atoms with E-state index < -0.39 is 5.97 Å². The third kappa shape index (κ3) is 8.66. The number of allylic oxidation sites excluding steroid dienone is 1. The minimum atomic E-state index is -0.780. The lowest BCUT2D eigenvalue weighted by Crippen LogP contribution is -2.40. The third-order valence-electron chi connectivity index (χ3n) is 7.71. The van der Waals surface area contributed by atoms with Crippen LogP contribution in [-0.2, 0) is 22.6 Å². The minimum Gasteiger partial charge on any atom is -0.497 e. The predicted octanol–water partition coefficient (Wildman–Crippen LogP) is 5.99. The summed E-state index contributed by atoms with van der Waals surface area (Å²) in [7, 11) is 3.32. The van der Waals surface area contributed by atoms with Gasteiger partial charge in [-0.2, -0.15) is 11.8 Å². The Hall–Kier alpha value is -3.17. The Kier molecular flexibility index (Phi) is 11.8. The molecule has 9 heteroatoms. The van der Waals surface area contributed by atoms with E-state index in [0.29, 0.717) is 38.0 Å². The number of carboxylic acids is 1. The number of hydrogen-bond donors (Lipinski definition) is 1. The summed E-state index contributed by atoms with van der Waals surface area (Å²) >= 11 is 2.00. The first-order valence-corrected chi connectivity index (χ1v) is 15.4. The molecular formula is C32H42N2O6S. The summed E-state index contributed by atoms with van der Waals surface area (Å²) in [6, 6.07) is 16.5. The fourth-order valence-corrected chi connectivity index (χ4v) is 7.20. The van der Waals surface area contributed by atoms with E-state index in [0.717, 1.165) is 54.1 Å². The second-order valence-electron chi connectivity index (χ2n) is 10.5. The molecule has 0 unspecified atom stereocenters. The number of amides is 2. The number of fused-ring (bicyclic) bond motifs is 1. The van der Waals surface area contributed by atoms with E-state index >= 15 is 0 Å². The Morgan fingerprint density at radius 1 is 0.927 bits per heavy atom. The highest BCUT2D eigenvalue weighted by molar-refractivity contribution is 8.00. The number of carboxylic acid groups (broad SMARTS) is 1. The lowest BCUT2D eigenvalue weighted by Gasteiger charge is -2.27. The van der Waals surface area contributed by atoms with E-state index in [1.54, 1.807) is 14.2 Å². The number of nitrogens with zero attached hydrogens (tertiary/aromatic N) is 2. The van der Waals surface area contributed by atoms with Crippen molar-refractivity contribution in [2.45, 2.75) is 68.9 Å². The molecule has 2 heterocycles. The van der Waals surface area contributed by atoms with Gasteiger partial charge in [0.15, 0.2) is 0 Å². The van der Waals surface area contributed by atoms with Gasteiger partial charge in [-0.05, 0) is 54.7 Å². The number of carbonyl (C=O) groups is 2. The van der Waals surface area contributed by atoms with Crippen molar-refractivity contribution in [1.29, 1.82) is 0 Å². The van der Waals surface area contributed by atoms with Crippen molar-refractivity contribution in [3.63, 3.8) is 0 Å². The molecule has 4 rings (SSSR count). The van der Waals surface area contributed by atoms with Gasteiger partial charge in [0.25, 0.3) is 0 Å². The topological polar surface area (TPSA) is 88.5 Å². The number of methoxy groups -OCH3 is 2. The minimum absolute atomic E-state index is 0.113. The molecule has 2 amide bonds. The van der Waals surface area contributed by atoms with Crippen LogP contribution in [-0.4, -0.2) is 77.4 Å². The molecule has 0 aromatic heterocycles. The Morgan fingerprint density at radius 2 is 1.56 bits per heavy atom. The van der Waals surface area contributed by atoms with Crippen molar-refractivity contribution in [1.82, 2.24) is 9.80 Å². The van der Waals surface area contributed by atoms with Gasteiger partial charge in [0.1, 0.15) is 11.5 Å². The number of unbranched alkanes of at least 4 members (excludes halogenated alkanes) is 2. The van der Waals surface area contributed by atoms with Crippen LogP contribution in [0, 0.1) is 0 Å². The lowest BCUT2D eigenvalue weighted by atomic mass is 10.0. The van der Waals surface area contributed by atoms with Crippen LogP contribution in [0.3, 0.4) is 0 Å². The standard InChI is InChI=1S/C32H42N2O6S/c1-38-26-15-11-24(12-16-26)21-33-28-23-41-29(9-5-3-7-19-40-20-8-4-6-10-30(35)36)31(28)34(32(33)37)22-25-13-17-27(39-2)18-14-25/h4,8,11-18,28-29,31H,3,5-7,9-10,19-23H2,1-2H3,(H,35,36)/t28-,29-,31-/m0/s1. The Morgan fingerprint density at radius 3 is 2.17 bits per heavy atom. The zero-order valence-electron chi connectivity index (χ0n) is 24.1. The average Bonchev–Trinajstić information content (AvgIpc) is 3.50. The maximum Gasteiger partial charge on any atom is 0.321 e. The quantitative estimate of drug-likeness (QED) is 0.139. The van der Waals surface area contributed by atoms with E-state index in [9.17, 15) is 9.59 Å². The maximum atomic E-state index is 13.8. The van der Waals surface area contributed by atoms with Crippen LogP contribution in [0.25, 0.3) is 0 Å². The van der Waals surface area contributed by atoms with E-state index in [1.165, 1.54) is 0 Å². The highest BCUT2D eigenvalue weighted by Crippen LogP contribution is 2.43. The summed E-state index contributed by atoms with van der Waals surface area (Å²) in [5.41, 5.74) is 2.21. The van der Waals surface area contributed by atoms with Gasteiger partial charge in [-0.3, -0.25) is 4.79 Å². The lowest BCUT2D eigenvalue weighted by molar-refractivity contribution is -0.136. The van der Waals surface area contributed by atoms with E-state index in [1.807, 2.05) is 72.4 Å². The fourth-order valence-electron chi connectivity index (χ4n) is 5.52. The SMILES string of the molecule is COc1ccc(CN2C(=O)N(Cc3ccc(OC)cc3)[C@H]3CS[C@@H](CCCCCOCC=CCCC(=O)O)[C@H]32)cc1. The van der Waals surface area contributed by atoms with Gasteiger partial charge in [-0.15, -0.1) is 0 Å². The van der Waals surface area contributed by atoms with Gasteiger partial charge in [-0.1, -0.05) is 49.3 Å². The number of aliphatic carboxylic acids is 1. The highest BCUT2D eigenvalue weighted by atomic mass is 32.2. The van der Waals surface area contributed by atoms with Crippen LogP contribution in [0.5, 0.6) is 11.5 Å². The number of thioether (sulfide) groups is 1. The van der Waals surface area contributed by atoms with Crippen molar-refractivity contribution >= 4 is 23.8 Å². The first-order valence-electron chi connectivity index (χ1n) is 14.4. The van der Waals surface area contributed by atoms with Gasteiger partial charge < -0.3 is 29.1 Å². The summed E-state index contributed by atoms with van der Waals surface area (Å²) in [5, 5.41) is 9.07. The summed E-state index contributed by atoms with van der Waals surface area (Å²) in [6.07, 6.45) is 8.69. The molecular weight excluding hydrogens is 540 g/mol. The zero-order chi connectivity index (χ0) is 29.0.